The van der Waals surface area contributed by atoms with Crippen LogP contribution >= 0.6 is 0 Å². The second kappa shape index (κ2) is 6.27. The monoisotopic (exact) mass is 322 g/mol. The number of hydrogen-bond donors (Lipinski definition) is 1. The van der Waals surface area contributed by atoms with Crippen LogP contribution in [0.1, 0.15) is 45.1 Å². The van der Waals surface area contributed by atoms with Crippen LogP contribution in [-0.2, 0) is 10.0 Å². The summed E-state index contributed by atoms with van der Waals surface area (Å²) in [7, 11) is -3.73. The van der Waals surface area contributed by atoms with E-state index in [1.165, 1.54) is 32.8 Å². The van der Waals surface area contributed by atoms with Gasteiger partial charge in [-0.3, -0.25) is 0 Å². The Bertz CT molecular complexity index is 684. The Kier molecular flexibility index (Phi) is 4.78. The summed E-state index contributed by atoms with van der Waals surface area (Å²) in [5.74, 6) is 0.697. The second-order valence-electron chi connectivity index (χ2n) is 6.29. The van der Waals surface area contributed by atoms with Crippen molar-refractivity contribution in [2.45, 2.75) is 63.0 Å². The average molecular weight is 322 g/mol. The smallest absolute Gasteiger partial charge is 0.242 e. The zero-order valence-electron chi connectivity index (χ0n) is 13.2. The first kappa shape index (κ1) is 16.8. The van der Waals surface area contributed by atoms with E-state index < -0.39 is 15.6 Å². The summed E-state index contributed by atoms with van der Waals surface area (Å²) < 4.78 is 33.0. The van der Waals surface area contributed by atoms with E-state index in [0.29, 0.717) is 11.3 Å². The molecule has 0 aromatic heterocycles. The minimum atomic E-state index is -3.73. The van der Waals surface area contributed by atoms with Crippen LogP contribution in [0.25, 0.3) is 0 Å². The number of aryl methyl sites for hydroxylation is 1. The molecule has 0 saturated heterocycles. The van der Waals surface area contributed by atoms with Crippen molar-refractivity contribution in [3.63, 3.8) is 0 Å². The van der Waals surface area contributed by atoms with E-state index >= 15 is 0 Å². The van der Waals surface area contributed by atoms with E-state index in [2.05, 4.69) is 4.72 Å². The van der Waals surface area contributed by atoms with Crippen molar-refractivity contribution >= 4 is 10.0 Å². The number of benzene rings is 1. The summed E-state index contributed by atoms with van der Waals surface area (Å²) in [6.45, 7) is 4.78. The zero-order chi connectivity index (χ0) is 16.4. The highest BCUT2D eigenvalue weighted by Crippen LogP contribution is 2.27. The van der Waals surface area contributed by atoms with Crippen LogP contribution in [-0.4, -0.2) is 20.1 Å². The Balaban J connectivity index is 2.20. The van der Waals surface area contributed by atoms with E-state index in [9.17, 15) is 8.42 Å². The summed E-state index contributed by atoms with van der Waals surface area (Å²) >= 11 is 0. The van der Waals surface area contributed by atoms with Gasteiger partial charge in [0.1, 0.15) is 11.3 Å². The van der Waals surface area contributed by atoms with Gasteiger partial charge >= 0.3 is 0 Å². The lowest BCUT2D eigenvalue weighted by molar-refractivity contribution is 0.210. The normalized spacial score (nSPS) is 16.5. The summed E-state index contributed by atoms with van der Waals surface area (Å²) in [6, 6.07) is 6.89. The standard InChI is InChI=1S/C16H22N2O3S/c1-12-10-14(21-13-6-4-5-7-13)8-9-15(12)22(19,20)18-16(2,3)11-17/h8-10,13,18H,4-7H2,1-3H3. The third kappa shape index (κ3) is 3.99. The fraction of sp³-hybridized carbons (Fsp3) is 0.562. The molecule has 120 valence electrons. The van der Waals surface area contributed by atoms with Gasteiger partial charge in [0.15, 0.2) is 0 Å². The van der Waals surface area contributed by atoms with Crippen molar-refractivity contribution in [2.75, 3.05) is 0 Å². The molecular weight excluding hydrogens is 300 g/mol. The Morgan fingerprint density at radius 1 is 1.32 bits per heavy atom. The second-order valence-corrected chi connectivity index (χ2v) is 7.94. The molecule has 5 nitrogen and oxygen atoms in total. The molecule has 22 heavy (non-hydrogen) atoms. The van der Waals surface area contributed by atoms with Crippen LogP contribution in [0, 0.1) is 18.3 Å². The number of nitriles is 1. The first-order valence-electron chi connectivity index (χ1n) is 7.46. The molecule has 0 heterocycles. The molecule has 1 saturated carbocycles. The molecule has 0 atom stereocenters. The minimum Gasteiger partial charge on any atom is -0.490 e. The Hall–Kier alpha value is -1.58. The van der Waals surface area contributed by atoms with E-state index in [4.69, 9.17) is 10.00 Å². The molecule has 0 bridgehead atoms. The van der Waals surface area contributed by atoms with Gasteiger partial charge in [-0.1, -0.05) is 0 Å². The summed E-state index contributed by atoms with van der Waals surface area (Å²) in [5.41, 5.74) is -0.540. The molecule has 0 unspecified atom stereocenters. The number of sulfonamides is 1. The molecule has 0 aliphatic heterocycles. The Morgan fingerprint density at radius 3 is 2.50 bits per heavy atom. The lowest BCUT2D eigenvalue weighted by Gasteiger charge is -2.19. The molecule has 1 aromatic carbocycles. The minimum absolute atomic E-state index is 0.176. The Labute approximate surface area is 132 Å². The number of nitrogens with one attached hydrogen (secondary N) is 1. The highest BCUT2D eigenvalue weighted by molar-refractivity contribution is 7.89. The summed E-state index contributed by atoms with van der Waals surface area (Å²) in [4.78, 5) is 0.176. The number of hydrogen-bond acceptors (Lipinski definition) is 4. The molecule has 1 aromatic rings. The Morgan fingerprint density at radius 2 is 1.95 bits per heavy atom. The fourth-order valence-electron chi connectivity index (χ4n) is 2.61. The molecular formula is C16H22N2O3S. The highest BCUT2D eigenvalue weighted by Gasteiger charge is 2.27. The van der Waals surface area contributed by atoms with E-state index in [0.717, 1.165) is 12.8 Å². The van der Waals surface area contributed by atoms with Crippen LogP contribution in [0.2, 0.25) is 0 Å². The van der Waals surface area contributed by atoms with E-state index in [1.54, 1.807) is 19.1 Å². The maximum Gasteiger partial charge on any atom is 0.242 e. The van der Waals surface area contributed by atoms with Crippen LogP contribution in [0.15, 0.2) is 23.1 Å². The van der Waals surface area contributed by atoms with E-state index in [1.807, 2.05) is 6.07 Å². The highest BCUT2D eigenvalue weighted by atomic mass is 32.2. The molecule has 6 heteroatoms. The van der Waals surface area contributed by atoms with Gasteiger partial charge in [-0.05, 0) is 70.2 Å². The van der Waals surface area contributed by atoms with Crippen LogP contribution < -0.4 is 9.46 Å². The molecule has 1 aliphatic carbocycles. The topological polar surface area (TPSA) is 79.2 Å². The van der Waals surface area contributed by atoms with E-state index in [-0.39, 0.29) is 11.0 Å². The number of ether oxygens (including phenoxy) is 1. The van der Waals surface area contributed by atoms with Gasteiger partial charge in [-0.2, -0.15) is 9.98 Å². The first-order chi connectivity index (χ1) is 10.2. The maximum atomic E-state index is 12.4. The summed E-state index contributed by atoms with van der Waals surface area (Å²) in [6.07, 6.45) is 4.71. The third-order valence-electron chi connectivity index (χ3n) is 3.71. The lowest BCUT2D eigenvalue weighted by atomic mass is 10.1. The molecule has 0 amide bonds. The SMILES string of the molecule is Cc1cc(OC2CCCC2)ccc1S(=O)(=O)NC(C)(C)C#N. The first-order valence-corrected chi connectivity index (χ1v) is 8.94. The largest absolute Gasteiger partial charge is 0.490 e. The predicted molar refractivity (Wildman–Crippen MR) is 84.1 cm³/mol. The van der Waals surface area contributed by atoms with Crippen LogP contribution in [0.5, 0.6) is 5.75 Å². The van der Waals surface area contributed by atoms with Gasteiger partial charge in [-0.25, -0.2) is 8.42 Å². The lowest BCUT2D eigenvalue weighted by Crippen LogP contribution is -2.42. The fourth-order valence-corrected chi connectivity index (χ4v) is 4.17. The van der Waals surface area contributed by atoms with Crippen LogP contribution in [0.4, 0.5) is 0 Å². The van der Waals surface area contributed by atoms with Crippen molar-refractivity contribution in [3.05, 3.63) is 23.8 Å². The van der Waals surface area contributed by atoms with Crippen molar-refractivity contribution < 1.29 is 13.2 Å². The van der Waals surface area contributed by atoms with Crippen molar-refractivity contribution in [3.8, 4) is 11.8 Å². The zero-order valence-corrected chi connectivity index (χ0v) is 14.0. The molecule has 0 radical (unpaired) electrons. The van der Waals surface area contributed by atoms with Gasteiger partial charge in [-0.15, -0.1) is 0 Å². The third-order valence-corrected chi connectivity index (χ3v) is 5.53. The molecule has 1 aliphatic rings. The quantitative estimate of drug-likeness (QED) is 0.904. The summed E-state index contributed by atoms with van der Waals surface area (Å²) in [5, 5.41) is 8.98. The number of nitrogens with zero attached hydrogens (tertiary/aromatic N) is 1. The van der Waals surface area contributed by atoms with Gasteiger partial charge in [0.25, 0.3) is 0 Å². The molecule has 1 N–H and O–H groups in total. The van der Waals surface area contributed by atoms with Crippen LogP contribution in [0.3, 0.4) is 0 Å². The van der Waals surface area contributed by atoms with Gasteiger partial charge in [0, 0.05) is 0 Å². The average Bonchev–Trinajstić information content (AvgIpc) is 2.90. The molecule has 2 rings (SSSR count). The van der Waals surface area contributed by atoms with Crippen molar-refractivity contribution in [1.29, 1.82) is 5.26 Å². The van der Waals surface area contributed by atoms with Gasteiger partial charge in [0.2, 0.25) is 10.0 Å². The maximum absolute atomic E-state index is 12.4. The van der Waals surface area contributed by atoms with Crippen molar-refractivity contribution in [1.82, 2.24) is 4.72 Å². The van der Waals surface area contributed by atoms with Gasteiger partial charge < -0.3 is 4.74 Å². The predicted octanol–water partition coefficient (Wildman–Crippen LogP) is 2.90. The van der Waals surface area contributed by atoms with Crippen molar-refractivity contribution in [2.24, 2.45) is 0 Å². The van der Waals surface area contributed by atoms with Gasteiger partial charge in [0.05, 0.1) is 17.1 Å². The molecule has 1 fully saturated rings. The molecule has 0 spiro atoms. The number of rotatable bonds is 5.